The second kappa shape index (κ2) is 15.1. The molecule has 4 heterocycles. The van der Waals surface area contributed by atoms with Gasteiger partial charge in [0.1, 0.15) is 5.82 Å². The normalized spacial score (nSPS) is 12.7. The zero-order valence-corrected chi connectivity index (χ0v) is 37.7. The third-order valence-corrected chi connectivity index (χ3v) is 12.0. The van der Waals surface area contributed by atoms with Crippen LogP contribution in [0.15, 0.2) is 152 Å². The van der Waals surface area contributed by atoms with E-state index in [1.165, 1.54) is 27.9 Å². The molecule has 0 atom stereocenters. The van der Waals surface area contributed by atoms with Crippen molar-refractivity contribution in [2.24, 2.45) is 0 Å². The first-order valence-corrected chi connectivity index (χ1v) is 20.9. The molecule has 62 heavy (non-hydrogen) atoms. The van der Waals surface area contributed by atoms with E-state index in [1.54, 1.807) is 0 Å². The minimum absolute atomic E-state index is 0. The van der Waals surface area contributed by atoms with Crippen LogP contribution in [0.25, 0.3) is 55.1 Å². The van der Waals surface area contributed by atoms with Gasteiger partial charge in [-0.2, -0.15) is 6.07 Å². The summed E-state index contributed by atoms with van der Waals surface area (Å²) in [5, 5.41) is 4.41. The van der Waals surface area contributed by atoms with Gasteiger partial charge in [-0.25, -0.2) is 4.98 Å². The minimum atomic E-state index is -0.0354. The smallest absolute Gasteiger partial charge is 0.135 e. The van der Waals surface area contributed by atoms with E-state index in [0.717, 1.165) is 72.2 Å². The van der Waals surface area contributed by atoms with Crippen molar-refractivity contribution in [1.29, 1.82) is 0 Å². The Labute approximate surface area is 376 Å². The number of aromatic nitrogens is 3. The molecule has 7 aromatic carbocycles. The summed E-state index contributed by atoms with van der Waals surface area (Å²) >= 11 is 0. The number of rotatable bonds is 6. The molecule has 0 aliphatic carbocycles. The fourth-order valence-electron chi connectivity index (χ4n) is 9.38. The minimum Gasteiger partial charge on any atom is -0.509 e. The summed E-state index contributed by atoms with van der Waals surface area (Å²) in [6.07, 6.45) is 1.91. The summed E-state index contributed by atoms with van der Waals surface area (Å²) < 4.78 is 11.5. The third-order valence-electron chi connectivity index (χ3n) is 12.0. The van der Waals surface area contributed by atoms with Crippen LogP contribution in [0, 0.1) is 39.6 Å². The van der Waals surface area contributed by atoms with Gasteiger partial charge >= 0.3 is 0 Å². The van der Waals surface area contributed by atoms with Crippen molar-refractivity contribution in [2.45, 2.75) is 47.0 Å². The van der Waals surface area contributed by atoms with Gasteiger partial charge in [-0.1, -0.05) is 122 Å². The summed E-state index contributed by atoms with van der Waals surface area (Å²) in [4.78, 5) is 9.50. The van der Waals surface area contributed by atoms with Gasteiger partial charge in [0.25, 0.3) is 0 Å². The topological polar surface area (TPSA) is 38.5 Å². The largest absolute Gasteiger partial charge is 0.509 e. The molecule has 0 radical (unpaired) electrons. The van der Waals surface area contributed by atoms with Crippen LogP contribution in [-0.4, -0.2) is 14.1 Å². The zero-order chi connectivity index (χ0) is 41.6. The van der Waals surface area contributed by atoms with E-state index in [-0.39, 0.29) is 26.5 Å². The van der Waals surface area contributed by atoms with Gasteiger partial charge in [-0.05, 0) is 108 Å². The molecule has 0 unspecified atom stereocenters. The summed E-state index contributed by atoms with van der Waals surface area (Å²) in [5.41, 5.74) is 14.3. The van der Waals surface area contributed by atoms with Crippen LogP contribution in [0.3, 0.4) is 0 Å². The predicted octanol–water partition coefficient (Wildman–Crippen LogP) is 14.3. The Hall–Kier alpha value is -6.62. The molecular weight excluding hydrogens is 942 g/mol. The number of anilines is 4. The standard InChI is InChI=1S/C55H44N5O.Pt/c1-35-28-36(2)53(37(3)29-35)58-34-57(48-22-14-15-23-49(48)58)51-33-41(31-45-43-19-11-12-20-46(43)59(54(45)51)39-16-8-7-9-17-39)61-40-24-25-44-42-18-10-13-21-47(42)60(50(44)32-40)52-30-38(26-27-56-52)55(4,5)6;/h7-31,34H,1-6H3;/q-3;. The molecule has 3 aromatic heterocycles. The van der Waals surface area contributed by atoms with Gasteiger partial charge in [-0.15, -0.1) is 36.3 Å². The summed E-state index contributed by atoms with van der Waals surface area (Å²) in [7, 11) is 0. The van der Waals surface area contributed by atoms with E-state index in [9.17, 15) is 0 Å². The summed E-state index contributed by atoms with van der Waals surface area (Å²) in [6, 6.07) is 59.0. The van der Waals surface area contributed by atoms with Crippen molar-refractivity contribution in [1.82, 2.24) is 14.1 Å². The monoisotopic (exact) mass is 985 g/mol. The quantitative estimate of drug-likeness (QED) is 0.156. The Morgan fingerprint density at radius 1 is 0.581 bits per heavy atom. The number of pyridine rings is 1. The molecular formula is C55H44N5OPt-3. The van der Waals surface area contributed by atoms with Gasteiger partial charge in [0, 0.05) is 72.5 Å². The van der Waals surface area contributed by atoms with Crippen LogP contribution in [0.1, 0.15) is 43.0 Å². The molecule has 10 aromatic rings. The molecule has 0 spiro atoms. The Morgan fingerprint density at radius 2 is 1.21 bits per heavy atom. The van der Waals surface area contributed by atoms with Crippen LogP contribution in [0.4, 0.5) is 22.7 Å². The third kappa shape index (κ3) is 6.39. The van der Waals surface area contributed by atoms with E-state index >= 15 is 0 Å². The fraction of sp³-hybridized carbons (Fsp3) is 0.127. The number of nitrogens with zero attached hydrogens (tertiary/aromatic N) is 5. The van der Waals surface area contributed by atoms with E-state index in [4.69, 9.17) is 9.72 Å². The summed E-state index contributed by atoms with van der Waals surface area (Å²) in [5.74, 6) is 2.04. The Morgan fingerprint density at radius 3 is 1.92 bits per heavy atom. The number of hydrogen-bond acceptors (Lipinski definition) is 4. The van der Waals surface area contributed by atoms with Crippen molar-refractivity contribution in [3.8, 4) is 23.0 Å². The molecule has 1 aliphatic rings. The van der Waals surface area contributed by atoms with Crippen molar-refractivity contribution < 1.29 is 25.8 Å². The van der Waals surface area contributed by atoms with Crippen LogP contribution in [-0.2, 0) is 26.5 Å². The SMILES string of the molecule is Cc1cc(C)c(N2[CH-]N(c3[c-]c(Oc4[c-]c5c(cc4)c4ccccc4n5-c4cc(C(C)(C)C)ccn4)cc4c5ccccc5n(-c5ccccc5)c34)c3ccccc32)c(C)c1.[Pt]. The van der Waals surface area contributed by atoms with Crippen molar-refractivity contribution in [3.63, 3.8) is 0 Å². The number of para-hydroxylation sites is 5. The molecule has 0 bridgehead atoms. The molecule has 308 valence electrons. The average Bonchev–Trinajstić information content (AvgIpc) is 3.91. The first-order valence-electron chi connectivity index (χ1n) is 20.9. The van der Waals surface area contributed by atoms with Crippen molar-refractivity contribution in [3.05, 3.63) is 193 Å². The molecule has 0 fully saturated rings. The van der Waals surface area contributed by atoms with E-state index in [2.05, 4.69) is 219 Å². The van der Waals surface area contributed by atoms with Gasteiger partial charge in [0.2, 0.25) is 0 Å². The maximum atomic E-state index is 6.97. The van der Waals surface area contributed by atoms with Crippen LogP contribution in [0.2, 0.25) is 0 Å². The number of benzene rings is 7. The Kier molecular flexibility index (Phi) is 9.61. The number of ether oxygens (including phenoxy) is 1. The van der Waals surface area contributed by atoms with Gasteiger partial charge in [-0.3, -0.25) is 0 Å². The first kappa shape index (κ1) is 39.5. The molecule has 0 saturated carbocycles. The van der Waals surface area contributed by atoms with E-state index in [0.29, 0.717) is 11.5 Å². The van der Waals surface area contributed by atoms with E-state index in [1.807, 2.05) is 12.3 Å². The van der Waals surface area contributed by atoms with Crippen LogP contribution < -0.4 is 14.5 Å². The molecule has 0 amide bonds. The number of aryl methyl sites for hydroxylation is 3. The maximum absolute atomic E-state index is 6.97. The molecule has 6 nitrogen and oxygen atoms in total. The Balaban J connectivity index is 0.00000458. The number of hydrogen-bond donors (Lipinski definition) is 0. The first-order chi connectivity index (χ1) is 29.6. The molecule has 1 aliphatic heterocycles. The van der Waals surface area contributed by atoms with Gasteiger partial charge < -0.3 is 23.7 Å². The van der Waals surface area contributed by atoms with Gasteiger partial charge in [0.05, 0.1) is 0 Å². The second-order valence-corrected chi connectivity index (χ2v) is 17.2. The molecule has 11 rings (SSSR count). The van der Waals surface area contributed by atoms with Crippen LogP contribution >= 0.6 is 0 Å². The fourth-order valence-corrected chi connectivity index (χ4v) is 9.38. The van der Waals surface area contributed by atoms with E-state index < -0.39 is 0 Å². The second-order valence-electron chi connectivity index (χ2n) is 17.2. The van der Waals surface area contributed by atoms with Crippen LogP contribution in [0.5, 0.6) is 11.5 Å². The predicted molar refractivity (Wildman–Crippen MR) is 251 cm³/mol. The number of fused-ring (bicyclic) bond motifs is 7. The average molecular weight is 986 g/mol. The Bertz CT molecular complexity index is 3330. The van der Waals surface area contributed by atoms with Crippen molar-refractivity contribution in [2.75, 3.05) is 9.80 Å². The van der Waals surface area contributed by atoms with Gasteiger partial charge in [0.15, 0.2) is 0 Å². The maximum Gasteiger partial charge on any atom is 0.135 e. The molecule has 0 N–H and O–H groups in total. The molecule has 7 heteroatoms. The van der Waals surface area contributed by atoms with Crippen molar-refractivity contribution >= 4 is 66.4 Å². The zero-order valence-electron chi connectivity index (χ0n) is 35.5. The molecule has 0 saturated heterocycles. The summed E-state index contributed by atoms with van der Waals surface area (Å²) in [6.45, 7) is 15.5.